The van der Waals surface area contributed by atoms with Crippen LogP contribution in [0, 0.1) is 25.7 Å². The Balaban J connectivity index is 1.69. The molecule has 3 unspecified atom stereocenters. The minimum absolute atomic E-state index is 0.0440. The number of nitrogens with one attached hydrogen (secondary N) is 3. The highest BCUT2D eigenvalue weighted by atomic mass is 16.6. The average molecular weight is 612 g/mol. The van der Waals surface area contributed by atoms with Gasteiger partial charge in [-0.3, -0.25) is 28.9 Å². The standard InChI is InChI=1S/C32H45N5O7/c1-19(2)12-24(35-28(39)16-33-27(38)15-23-14-22(6)44-36-23)31(42)34-17-29(40)37(25-11-9-8-10-21(25)5)26(13-20(3)4)30(41)32(7)18-43-32/h8-11,14,19-20,24,26H,12-13,15-18H2,1-7H3,(H,33,38)(H,34,42)(H,35,39). The van der Waals surface area contributed by atoms with Crippen LogP contribution >= 0.6 is 0 Å². The van der Waals surface area contributed by atoms with Crippen molar-refractivity contribution >= 4 is 35.1 Å². The van der Waals surface area contributed by atoms with Gasteiger partial charge in [-0.1, -0.05) is 51.1 Å². The maximum absolute atomic E-state index is 13.8. The molecule has 3 N–H and O–H groups in total. The molecule has 0 aliphatic carbocycles. The van der Waals surface area contributed by atoms with Crippen LogP contribution in [0.25, 0.3) is 0 Å². The monoisotopic (exact) mass is 611 g/mol. The summed E-state index contributed by atoms with van der Waals surface area (Å²) >= 11 is 0. The highest BCUT2D eigenvalue weighted by Crippen LogP contribution is 2.34. The normalized spacial score (nSPS) is 17.1. The van der Waals surface area contributed by atoms with Gasteiger partial charge in [-0.15, -0.1) is 0 Å². The Labute approximate surface area is 258 Å². The van der Waals surface area contributed by atoms with Crippen LogP contribution in [0.15, 0.2) is 34.9 Å². The van der Waals surface area contributed by atoms with Crippen molar-refractivity contribution in [1.82, 2.24) is 21.1 Å². The number of benzene rings is 1. The summed E-state index contributed by atoms with van der Waals surface area (Å²) in [5, 5.41) is 11.6. The second-order valence-corrected chi connectivity index (χ2v) is 12.4. The lowest BCUT2D eigenvalue weighted by Gasteiger charge is -2.34. The number of para-hydroxylation sites is 1. The van der Waals surface area contributed by atoms with Gasteiger partial charge >= 0.3 is 0 Å². The van der Waals surface area contributed by atoms with Gasteiger partial charge in [0.25, 0.3) is 0 Å². The molecule has 12 heteroatoms. The maximum Gasteiger partial charge on any atom is 0.247 e. The van der Waals surface area contributed by atoms with Crippen molar-refractivity contribution < 1.29 is 33.2 Å². The molecule has 3 atom stereocenters. The van der Waals surface area contributed by atoms with Gasteiger partial charge in [0.05, 0.1) is 37.9 Å². The fraction of sp³-hybridized carbons (Fsp3) is 0.562. The quantitative estimate of drug-likeness (QED) is 0.244. The summed E-state index contributed by atoms with van der Waals surface area (Å²) in [5.74, 6) is -1.44. The molecule has 1 aliphatic rings. The molecule has 1 fully saturated rings. The maximum atomic E-state index is 13.8. The summed E-state index contributed by atoms with van der Waals surface area (Å²) in [6.07, 6.45) is 0.676. The number of ether oxygens (including phenoxy) is 1. The Bertz CT molecular complexity index is 1350. The van der Waals surface area contributed by atoms with Gasteiger partial charge in [-0.2, -0.15) is 0 Å². The van der Waals surface area contributed by atoms with E-state index in [4.69, 9.17) is 9.26 Å². The number of hydrogen-bond acceptors (Lipinski definition) is 8. The summed E-state index contributed by atoms with van der Waals surface area (Å²) in [4.78, 5) is 67.1. The number of ketones is 1. The second-order valence-electron chi connectivity index (χ2n) is 12.4. The van der Waals surface area contributed by atoms with E-state index >= 15 is 0 Å². The minimum atomic E-state index is -0.944. The number of hydrogen-bond donors (Lipinski definition) is 3. The zero-order valence-corrected chi connectivity index (χ0v) is 26.7. The first-order valence-corrected chi connectivity index (χ1v) is 15.0. The molecule has 4 amide bonds. The number of nitrogens with zero attached hydrogens (tertiary/aromatic N) is 2. The van der Waals surface area contributed by atoms with E-state index in [-0.39, 0.29) is 37.1 Å². The number of carbonyl (C=O) groups excluding carboxylic acids is 5. The third-order valence-electron chi connectivity index (χ3n) is 7.29. The summed E-state index contributed by atoms with van der Waals surface area (Å²) in [6, 6.07) is 7.20. The molecule has 0 saturated carbocycles. The number of amides is 4. The number of aryl methyl sites for hydroxylation is 2. The van der Waals surface area contributed by atoms with Gasteiger partial charge in [0.1, 0.15) is 17.4 Å². The van der Waals surface area contributed by atoms with Gasteiger partial charge in [-0.05, 0) is 57.1 Å². The molecule has 3 rings (SSSR count). The van der Waals surface area contributed by atoms with E-state index in [0.29, 0.717) is 36.6 Å². The largest absolute Gasteiger partial charge is 0.361 e. The van der Waals surface area contributed by atoms with Gasteiger partial charge in [0, 0.05) is 11.8 Å². The lowest BCUT2D eigenvalue weighted by atomic mass is 9.91. The first-order chi connectivity index (χ1) is 20.7. The highest BCUT2D eigenvalue weighted by Gasteiger charge is 2.52. The zero-order valence-electron chi connectivity index (χ0n) is 26.7. The molecule has 1 aromatic heterocycles. The molecule has 44 heavy (non-hydrogen) atoms. The predicted octanol–water partition coefficient (Wildman–Crippen LogP) is 2.40. The molecule has 2 heterocycles. The van der Waals surface area contributed by atoms with E-state index in [0.717, 1.165) is 5.56 Å². The van der Waals surface area contributed by atoms with Gasteiger partial charge in [0.15, 0.2) is 5.78 Å². The van der Waals surface area contributed by atoms with Crippen molar-refractivity contribution in [2.75, 3.05) is 24.6 Å². The second kappa shape index (κ2) is 15.1. The zero-order chi connectivity index (χ0) is 32.6. The van der Waals surface area contributed by atoms with E-state index in [1.807, 2.05) is 46.8 Å². The number of carbonyl (C=O) groups is 5. The highest BCUT2D eigenvalue weighted by molar-refractivity contribution is 6.06. The van der Waals surface area contributed by atoms with Gasteiger partial charge in [0.2, 0.25) is 23.6 Å². The third kappa shape index (κ3) is 9.73. The number of rotatable bonds is 16. The average Bonchev–Trinajstić information content (AvgIpc) is 3.58. The smallest absolute Gasteiger partial charge is 0.247 e. The van der Waals surface area contributed by atoms with Crippen LogP contribution in [-0.4, -0.2) is 71.9 Å². The van der Waals surface area contributed by atoms with Crippen molar-refractivity contribution in [2.24, 2.45) is 11.8 Å². The van der Waals surface area contributed by atoms with E-state index < -0.39 is 41.3 Å². The van der Waals surface area contributed by atoms with Crippen LogP contribution in [0.2, 0.25) is 0 Å². The van der Waals surface area contributed by atoms with Gasteiger partial charge in [-0.25, -0.2) is 0 Å². The molecule has 2 aromatic rings. The SMILES string of the molecule is Cc1cc(CC(=O)NCC(=O)NC(CC(C)C)C(=O)NCC(=O)N(c2ccccc2C)C(CC(C)C)C(=O)C2(C)CO2)no1. The van der Waals surface area contributed by atoms with Crippen LogP contribution in [0.1, 0.15) is 64.5 Å². The van der Waals surface area contributed by atoms with Crippen LogP contribution in [0.4, 0.5) is 5.69 Å². The Morgan fingerprint density at radius 3 is 2.18 bits per heavy atom. The molecule has 1 aromatic carbocycles. The molecular weight excluding hydrogens is 566 g/mol. The number of epoxide rings is 1. The number of aromatic nitrogens is 1. The predicted molar refractivity (Wildman–Crippen MR) is 164 cm³/mol. The fourth-order valence-electron chi connectivity index (χ4n) is 4.92. The minimum Gasteiger partial charge on any atom is -0.361 e. The lowest BCUT2D eigenvalue weighted by Crippen LogP contribution is -2.55. The molecule has 240 valence electrons. The van der Waals surface area contributed by atoms with Crippen LogP contribution < -0.4 is 20.9 Å². The Morgan fingerprint density at radius 2 is 1.61 bits per heavy atom. The molecule has 1 aliphatic heterocycles. The molecule has 1 saturated heterocycles. The van der Waals surface area contributed by atoms with Crippen molar-refractivity contribution in [3.8, 4) is 0 Å². The van der Waals surface area contributed by atoms with Crippen LogP contribution in [0.5, 0.6) is 0 Å². The van der Waals surface area contributed by atoms with E-state index in [1.54, 1.807) is 32.0 Å². The van der Waals surface area contributed by atoms with Crippen LogP contribution in [-0.2, 0) is 35.1 Å². The summed E-state index contributed by atoms with van der Waals surface area (Å²) in [6.45, 7) is 12.6. The number of anilines is 1. The van der Waals surface area contributed by atoms with Crippen molar-refractivity contribution in [2.45, 2.75) is 85.4 Å². The van der Waals surface area contributed by atoms with Crippen LogP contribution in [0.3, 0.4) is 0 Å². The Morgan fingerprint density at radius 1 is 0.955 bits per heavy atom. The first-order valence-electron chi connectivity index (χ1n) is 15.0. The van der Waals surface area contributed by atoms with Crippen molar-refractivity contribution in [3.05, 3.63) is 47.3 Å². The topological polar surface area (TPSA) is 163 Å². The Hall–Kier alpha value is -4.06. The Kier molecular flexibility index (Phi) is 11.8. The van der Waals surface area contributed by atoms with Gasteiger partial charge < -0.3 is 25.2 Å². The molecule has 0 bridgehead atoms. The van der Waals surface area contributed by atoms with E-state index in [1.165, 1.54) is 4.90 Å². The lowest BCUT2D eigenvalue weighted by molar-refractivity contribution is -0.131. The summed E-state index contributed by atoms with van der Waals surface area (Å²) in [5.41, 5.74) is 0.887. The first kappa shape index (κ1) is 34.4. The molecule has 0 radical (unpaired) electrons. The van der Waals surface area contributed by atoms with E-state index in [2.05, 4.69) is 21.1 Å². The fourth-order valence-corrected chi connectivity index (χ4v) is 4.92. The molecule has 12 nitrogen and oxygen atoms in total. The van der Waals surface area contributed by atoms with Crippen molar-refractivity contribution in [1.29, 1.82) is 0 Å². The summed E-state index contributed by atoms with van der Waals surface area (Å²) in [7, 11) is 0. The molecular formula is C32H45N5O7. The molecule has 0 spiro atoms. The van der Waals surface area contributed by atoms with E-state index in [9.17, 15) is 24.0 Å². The van der Waals surface area contributed by atoms with Crippen molar-refractivity contribution in [3.63, 3.8) is 0 Å². The third-order valence-corrected chi connectivity index (χ3v) is 7.29. The summed E-state index contributed by atoms with van der Waals surface area (Å²) < 4.78 is 10.4. The number of Topliss-reactive ketones (excluding diaryl/α,β-unsaturated/α-hetero) is 1.